The number of carboxylic acid groups (broad SMARTS) is 1. The number of hydrogen-bond acceptors (Lipinski definition) is 4. The van der Waals surface area contributed by atoms with Crippen LogP contribution in [0.1, 0.15) is 19.8 Å². The number of unbranched alkanes of at least 4 members (excludes halogenated alkanes) is 1. The fraction of sp³-hybridized carbons (Fsp3) is 0.700. The predicted octanol–water partition coefficient (Wildman–Crippen LogP) is 1.27. The van der Waals surface area contributed by atoms with Crippen molar-refractivity contribution in [1.82, 2.24) is 0 Å². The van der Waals surface area contributed by atoms with Crippen molar-refractivity contribution in [2.24, 2.45) is 0 Å². The highest BCUT2D eigenvalue weighted by atomic mass is 16.6. The molecule has 0 aliphatic rings. The Hall–Kier alpha value is -0.910. The Morgan fingerprint density at radius 1 is 1.40 bits per heavy atom. The summed E-state index contributed by atoms with van der Waals surface area (Å²) in [5.74, 6) is -0.981. The van der Waals surface area contributed by atoms with E-state index in [-0.39, 0.29) is 0 Å². The Labute approximate surface area is 91.3 Å². The number of rotatable bonds is 5. The molecule has 0 atom stereocenters. The lowest BCUT2D eigenvalue weighted by atomic mass is 10.4. The molecule has 5 nitrogen and oxygen atoms in total. The molecule has 2 N–H and O–H groups in total. The number of methoxy groups -OCH3 is 2. The van der Waals surface area contributed by atoms with Gasteiger partial charge in [0.2, 0.25) is 0 Å². The van der Waals surface area contributed by atoms with Gasteiger partial charge in [-0.15, -0.1) is 0 Å². The maximum absolute atomic E-state index is 9.25. The van der Waals surface area contributed by atoms with Gasteiger partial charge in [0.15, 0.2) is 0 Å². The SMILES string of the molecule is C=CC(=O)O.CCCCO.COCOC. The largest absolute Gasteiger partial charge is 0.478 e. The second-order valence-electron chi connectivity index (χ2n) is 2.31. The molecule has 0 saturated carbocycles. The van der Waals surface area contributed by atoms with Crippen LogP contribution in [-0.4, -0.2) is 43.8 Å². The first-order valence-electron chi connectivity index (χ1n) is 4.54. The van der Waals surface area contributed by atoms with Crippen LogP contribution in [0.2, 0.25) is 0 Å². The molecule has 0 aromatic carbocycles. The van der Waals surface area contributed by atoms with Crippen LogP contribution in [0.3, 0.4) is 0 Å². The Morgan fingerprint density at radius 2 is 1.80 bits per heavy atom. The molecular weight excluding hydrogens is 200 g/mol. The van der Waals surface area contributed by atoms with Gasteiger partial charge < -0.3 is 19.7 Å². The molecule has 0 aromatic rings. The van der Waals surface area contributed by atoms with Crippen molar-refractivity contribution in [2.75, 3.05) is 27.6 Å². The van der Waals surface area contributed by atoms with E-state index in [1.54, 1.807) is 14.2 Å². The van der Waals surface area contributed by atoms with Crippen LogP contribution in [0.25, 0.3) is 0 Å². The van der Waals surface area contributed by atoms with E-state index in [1.165, 1.54) is 0 Å². The molecule has 5 heteroatoms. The maximum Gasteiger partial charge on any atom is 0.327 e. The van der Waals surface area contributed by atoms with E-state index >= 15 is 0 Å². The van der Waals surface area contributed by atoms with Crippen molar-refractivity contribution < 1.29 is 24.5 Å². The zero-order chi connectivity index (χ0) is 12.5. The average molecular weight is 222 g/mol. The summed E-state index contributed by atoms with van der Waals surface area (Å²) in [6.45, 7) is 5.75. The van der Waals surface area contributed by atoms with Gasteiger partial charge in [0, 0.05) is 26.9 Å². The number of aliphatic hydroxyl groups excluding tert-OH is 1. The Balaban J connectivity index is -0.000000144. The number of ether oxygens (including phenoxy) is 2. The molecule has 0 amide bonds. The molecule has 0 aliphatic carbocycles. The number of aliphatic hydroxyl groups is 1. The van der Waals surface area contributed by atoms with E-state index in [0.717, 1.165) is 18.9 Å². The van der Waals surface area contributed by atoms with Gasteiger partial charge in [0.25, 0.3) is 0 Å². The Morgan fingerprint density at radius 3 is 1.80 bits per heavy atom. The van der Waals surface area contributed by atoms with Gasteiger partial charge in [-0.1, -0.05) is 19.9 Å². The molecule has 15 heavy (non-hydrogen) atoms. The summed E-state index contributed by atoms with van der Waals surface area (Å²) in [6.07, 6.45) is 2.87. The van der Waals surface area contributed by atoms with E-state index in [4.69, 9.17) is 10.2 Å². The molecule has 0 spiro atoms. The molecule has 0 unspecified atom stereocenters. The summed E-state index contributed by atoms with van der Waals surface area (Å²) in [5.41, 5.74) is 0. The summed E-state index contributed by atoms with van der Waals surface area (Å²) in [7, 11) is 3.17. The summed E-state index contributed by atoms with van der Waals surface area (Å²) in [4.78, 5) is 9.25. The van der Waals surface area contributed by atoms with Gasteiger partial charge in [-0.05, 0) is 6.42 Å². The summed E-state index contributed by atoms with van der Waals surface area (Å²) in [6, 6.07) is 0. The summed E-state index contributed by atoms with van der Waals surface area (Å²) < 4.78 is 8.94. The van der Waals surface area contributed by atoms with Crippen LogP contribution in [0.15, 0.2) is 12.7 Å². The topological polar surface area (TPSA) is 76.0 Å². The second-order valence-corrected chi connectivity index (χ2v) is 2.31. The third-order valence-electron chi connectivity index (χ3n) is 0.922. The van der Waals surface area contributed by atoms with Crippen LogP contribution in [-0.2, 0) is 14.3 Å². The van der Waals surface area contributed by atoms with Crippen molar-refractivity contribution in [2.45, 2.75) is 19.8 Å². The molecule has 0 saturated heterocycles. The smallest absolute Gasteiger partial charge is 0.327 e. The monoisotopic (exact) mass is 222 g/mol. The Bertz CT molecular complexity index is 115. The molecule has 0 fully saturated rings. The zero-order valence-corrected chi connectivity index (χ0v) is 9.73. The highest BCUT2D eigenvalue weighted by Crippen LogP contribution is 1.78. The predicted molar refractivity (Wildman–Crippen MR) is 58.7 cm³/mol. The maximum atomic E-state index is 9.25. The van der Waals surface area contributed by atoms with E-state index in [0.29, 0.717) is 13.4 Å². The molecular formula is C10H22O5. The van der Waals surface area contributed by atoms with Crippen molar-refractivity contribution in [3.63, 3.8) is 0 Å². The number of carboxylic acids is 1. The van der Waals surface area contributed by atoms with Gasteiger partial charge in [-0.25, -0.2) is 4.79 Å². The molecule has 0 radical (unpaired) electrons. The van der Waals surface area contributed by atoms with Crippen LogP contribution in [0.4, 0.5) is 0 Å². The summed E-state index contributed by atoms with van der Waals surface area (Å²) >= 11 is 0. The number of hydrogen-bond donors (Lipinski definition) is 2. The van der Waals surface area contributed by atoms with E-state index in [1.807, 2.05) is 0 Å². The van der Waals surface area contributed by atoms with Gasteiger partial charge >= 0.3 is 5.97 Å². The minimum atomic E-state index is -0.981. The van der Waals surface area contributed by atoms with Crippen LogP contribution < -0.4 is 0 Å². The molecule has 92 valence electrons. The van der Waals surface area contributed by atoms with Gasteiger partial charge in [0.1, 0.15) is 6.79 Å². The second kappa shape index (κ2) is 23.2. The third kappa shape index (κ3) is 62.1. The average Bonchev–Trinajstić information content (AvgIpc) is 2.22. The quantitative estimate of drug-likeness (QED) is 0.541. The van der Waals surface area contributed by atoms with Crippen LogP contribution in [0, 0.1) is 0 Å². The molecule has 0 heterocycles. The fourth-order valence-corrected chi connectivity index (χ4v) is 0.276. The molecule has 0 aliphatic heterocycles. The third-order valence-corrected chi connectivity index (χ3v) is 0.922. The van der Waals surface area contributed by atoms with Gasteiger partial charge in [0.05, 0.1) is 0 Å². The lowest BCUT2D eigenvalue weighted by molar-refractivity contribution is -0.131. The minimum absolute atomic E-state index is 0.344. The first kappa shape index (κ1) is 19.6. The van der Waals surface area contributed by atoms with Crippen molar-refractivity contribution in [1.29, 1.82) is 0 Å². The van der Waals surface area contributed by atoms with E-state index < -0.39 is 5.97 Å². The van der Waals surface area contributed by atoms with Crippen molar-refractivity contribution in [3.05, 3.63) is 12.7 Å². The van der Waals surface area contributed by atoms with Gasteiger partial charge in [-0.2, -0.15) is 0 Å². The van der Waals surface area contributed by atoms with Gasteiger partial charge in [-0.3, -0.25) is 0 Å². The van der Waals surface area contributed by atoms with E-state index in [9.17, 15) is 4.79 Å². The molecule has 0 bridgehead atoms. The standard InChI is InChI=1S/C4H10O.C3H8O2.C3H4O2/c1-2-3-4-5;1-4-3-5-2;1-2-3(4)5/h5H,2-4H2,1H3;3H2,1-2H3;2H,1H2,(H,4,5). The molecule has 0 aromatic heterocycles. The minimum Gasteiger partial charge on any atom is -0.478 e. The Kier molecular flexibility index (Phi) is 30.3. The highest BCUT2D eigenvalue weighted by molar-refractivity contribution is 5.78. The molecule has 0 rings (SSSR count). The van der Waals surface area contributed by atoms with Crippen LogP contribution >= 0.6 is 0 Å². The van der Waals surface area contributed by atoms with E-state index in [2.05, 4.69) is 23.0 Å². The summed E-state index contributed by atoms with van der Waals surface area (Å²) in [5, 5.41) is 15.7. The number of aliphatic carboxylic acids is 1. The normalized spacial score (nSPS) is 7.73. The fourth-order valence-electron chi connectivity index (χ4n) is 0.276. The number of carbonyl (C=O) groups is 1. The first-order valence-corrected chi connectivity index (χ1v) is 4.54. The lowest BCUT2D eigenvalue weighted by Crippen LogP contribution is -1.87. The van der Waals surface area contributed by atoms with Crippen LogP contribution in [0.5, 0.6) is 0 Å². The highest BCUT2D eigenvalue weighted by Gasteiger charge is 1.73. The first-order chi connectivity index (χ1) is 7.10. The van der Waals surface area contributed by atoms with Crippen molar-refractivity contribution >= 4 is 5.97 Å². The van der Waals surface area contributed by atoms with Crippen molar-refractivity contribution in [3.8, 4) is 0 Å². The zero-order valence-electron chi connectivity index (χ0n) is 9.73. The lowest BCUT2D eigenvalue weighted by Gasteiger charge is -1.87.